The molecule has 9 heteroatoms. The molecule has 0 aliphatic carbocycles. The summed E-state index contributed by atoms with van der Waals surface area (Å²) in [7, 11) is -7.76. The quantitative estimate of drug-likeness (QED) is 0.750. The number of hydrogen-bond acceptors (Lipinski definition) is 5. The Balaban J connectivity index is 2.48. The summed E-state index contributed by atoms with van der Waals surface area (Å²) in [5.41, 5.74) is 6.08. The highest BCUT2D eigenvalue weighted by molar-refractivity contribution is 9.10. The van der Waals surface area contributed by atoms with E-state index in [1.807, 2.05) is 0 Å². The lowest BCUT2D eigenvalue weighted by Crippen LogP contribution is -2.16. The highest BCUT2D eigenvalue weighted by Gasteiger charge is 2.21. The Kier molecular flexibility index (Phi) is 4.62. The monoisotopic (exact) mass is 404 g/mol. The first-order valence-corrected chi connectivity index (χ1v) is 9.99. The second-order valence-corrected chi connectivity index (χ2v) is 8.97. The molecule has 118 valence electrons. The summed E-state index contributed by atoms with van der Waals surface area (Å²) in [5.74, 6) is -0.485. The number of nitrogens with two attached hydrogens (primary N) is 2. The van der Waals surface area contributed by atoms with Crippen molar-refractivity contribution in [3.63, 3.8) is 0 Å². The molecule has 2 aromatic rings. The number of primary sulfonamides is 1. The Hall–Kier alpha value is -1.42. The van der Waals surface area contributed by atoms with Crippen LogP contribution in [-0.4, -0.2) is 16.8 Å². The predicted molar refractivity (Wildman–Crippen MR) is 87.3 cm³/mol. The minimum absolute atomic E-state index is 0.0115. The summed E-state index contributed by atoms with van der Waals surface area (Å²) in [6, 6.07) is 9.96. The molecule has 2 rings (SSSR count). The van der Waals surface area contributed by atoms with Crippen molar-refractivity contribution in [1.29, 1.82) is 0 Å². The van der Waals surface area contributed by atoms with Crippen molar-refractivity contribution in [2.24, 2.45) is 5.14 Å². The Labute approximate surface area is 137 Å². The van der Waals surface area contributed by atoms with Gasteiger partial charge in [-0.2, -0.15) is 0 Å². The number of benzene rings is 2. The number of sulfonamides is 1. The molecule has 0 radical (unpaired) electrons. The van der Waals surface area contributed by atoms with Crippen molar-refractivity contribution < 1.29 is 16.8 Å². The summed E-state index contributed by atoms with van der Waals surface area (Å²) >= 11 is 3.18. The molecule has 2 aromatic carbocycles. The number of sulfone groups is 1. The SMILES string of the molecule is Nc1cc(S(=O)(=O)Cc2ccccc2S(N)(=O)=O)ccc1Br. The van der Waals surface area contributed by atoms with E-state index in [-0.39, 0.29) is 21.0 Å². The molecule has 22 heavy (non-hydrogen) atoms. The van der Waals surface area contributed by atoms with Crippen LogP contribution in [-0.2, 0) is 25.6 Å². The Morgan fingerprint density at radius 1 is 1.00 bits per heavy atom. The topological polar surface area (TPSA) is 120 Å². The molecule has 0 aromatic heterocycles. The molecule has 0 heterocycles. The van der Waals surface area contributed by atoms with E-state index in [0.29, 0.717) is 4.47 Å². The summed E-state index contributed by atoms with van der Waals surface area (Å²) in [6.07, 6.45) is 0. The smallest absolute Gasteiger partial charge is 0.238 e. The number of nitrogen functional groups attached to an aromatic ring is 1. The zero-order valence-electron chi connectivity index (χ0n) is 11.2. The molecule has 6 nitrogen and oxygen atoms in total. The fraction of sp³-hybridized carbons (Fsp3) is 0.0769. The molecule has 0 spiro atoms. The number of halogens is 1. The minimum atomic E-state index is -4.00. The minimum Gasteiger partial charge on any atom is -0.398 e. The van der Waals surface area contributed by atoms with Crippen LogP contribution in [0.2, 0.25) is 0 Å². The highest BCUT2D eigenvalue weighted by atomic mass is 79.9. The Bertz CT molecular complexity index is 925. The van der Waals surface area contributed by atoms with Gasteiger partial charge in [-0.15, -0.1) is 0 Å². The fourth-order valence-electron chi connectivity index (χ4n) is 1.90. The number of anilines is 1. The lowest BCUT2D eigenvalue weighted by Gasteiger charge is -2.09. The molecule has 0 bridgehead atoms. The van der Waals surface area contributed by atoms with E-state index in [1.54, 1.807) is 6.07 Å². The van der Waals surface area contributed by atoms with Crippen LogP contribution < -0.4 is 10.9 Å². The summed E-state index contributed by atoms with van der Waals surface area (Å²) in [5, 5.41) is 5.11. The second-order valence-electron chi connectivity index (χ2n) is 4.60. The summed E-state index contributed by atoms with van der Waals surface area (Å²) < 4.78 is 48.5. The maximum Gasteiger partial charge on any atom is 0.238 e. The van der Waals surface area contributed by atoms with Gasteiger partial charge in [0.25, 0.3) is 0 Å². The van der Waals surface area contributed by atoms with Crippen LogP contribution in [0, 0.1) is 0 Å². The lowest BCUT2D eigenvalue weighted by molar-refractivity contribution is 0.593. The van der Waals surface area contributed by atoms with Crippen LogP contribution in [0.1, 0.15) is 5.56 Å². The largest absolute Gasteiger partial charge is 0.398 e. The second kappa shape index (κ2) is 5.99. The van der Waals surface area contributed by atoms with Crippen LogP contribution in [0.5, 0.6) is 0 Å². The van der Waals surface area contributed by atoms with E-state index in [1.165, 1.54) is 36.4 Å². The van der Waals surface area contributed by atoms with Crippen LogP contribution in [0.15, 0.2) is 56.7 Å². The van der Waals surface area contributed by atoms with Gasteiger partial charge in [-0.25, -0.2) is 22.0 Å². The van der Waals surface area contributed by atoms with Crippen molar-refractivity contribution >= 4 is 41.5 Å². The van der Waals surface area contributed by atoms with Crippen LogP contribution in [0.25, 0.3) is 0 Å². The number of rotatable bonds is 4. The maximum atomic E-state index is 12.4. The lowest BCUT2D eigenvalue weighted by atomic mass is 10.2. The van der Waals surface area contributed by atoms with E-state index in [4.69, 9.17) is 10.9 Å². The molecule has 0 amide bonds. The summed E-state index contributed by atoms with van der Waals surface area (Å²) in [6.45, 7) is 0. The van der Waals surface area contributed by atoms with Crippen molar-refractivity contribution in [3.8, 4) is 0 Å². The standard InChI is InChI=1S/C13H13BrN2O4S2/c14-11-6-5-10(7-12(11)15)21(17,18)8-9-3-1-2-4-13(9)22(16,19)20/h1-7H,8,15H2,(H2,16,19,20). The van der Waals surface area contributed by atoms with Gasteiger partial charge in [0, 0.05) is 10.2 Å². The highest BCUT2D eigenvalue weighted by Crippen LogP contribution is 2.26. The Morgan fingerprint density at radius 2 is 1.64 bits per heavy atom. The molecule has 0 unspecified atom stereocenters. The Morgan fingerprint density at radius 3 is 2.23 bits per heavy atom. The third kappa shape index (κ3) is 3.67. The van der Waals surface area contributed by atoms with E-state index in [0.717, 1.165) is 0 Å². The molecular weight excluding hydrogens is 392 g/mol. The van der Waals surface area contributed by atoms with Crippen molar-refractivity contribution in [3.05, 3.63) is 52.5 Å². The average Bonchev–Trinajstić information content (AvgIpc) is 2.40. The van der Waals surface area contributed by atoms with Crippen molar-refractivity contribution in [2.45, 2.75) is 15.5 Å². The van der Waals surface area contributed by atoms with Gasteiger partial charge < -0.3 is 5.73 Å². The molecule has 0 atom stereocenters. The molecule has 0 aliphatic heterocycles. The maximum absolute atomic E-state index is 12.4. The van der Waals surface area contributed by atoms with Gasteiger partial charge in [-0.3, -0.25) is 0 Å². The van der Waals surface area contributed by atoms with E-state index >= 15 is 0 Å². The van der Waals surface area contributed by atoms with Gasteiger partial charge in [-0.1, -0.05) is 18.2 Å². The first kappa shape index (κ1) is 16.9. The van der Waals surface area contributed by atoms with E-state index in [9.17, 15) is 16.8 Å². The van der Waals surface area contributed by atoms with Gasteiger partial charge in [0.2, 0.25) is 10.0 Å². The first-order chi connectivity index (χ1) is 10.1. The third-order valence-electron chi connectivity index (χ3n) is 2.95. The zero-order valence-corrected chi connectivity index (χ0v) is 14.4. The number of hydrogen-bond donors (Lipinski definition) is 2. The van der Waals surface area contributed by atoms with Gasteiger partial charge in [-0.05, 0) is 45.8 Å². The normalized spacial score (nSPS) is 12.3. The van der Waals surface area contributed by atoms with E-state index < -0.39 is 25.6 Å². The van der Waals surface area contributed by atoms with Crippen molar-refractivity contribution in [1.82, 2.24) is 0 Å². The van der Waals surface area contributed by atoms with E-state index in [2.05, 4.69) is 15.9 Å². The van der Waals surface area contributed by atoms with Gasteiger partial charge in [0.05, 0.1) is 15.5 Å². The molecule has 0 fully saturated rings. The van der Waals surface area contributed by atoms with Gasteiger partial charge in [0.15, 0.2) is 9.84 Å². The first-order valence-electron chi connectivity index (χ1n) is 6.00. The molecule has 4 N–H and O–H groups in total. The van der Waals surface area contributed by atoms with Crippen LogP contribution in [0.4, 0.5) is 5.69 Å². The molecule has 0 aliphatic rings. The van der Waals surface area contributed by atoms with Crippen molar-refractivity contribution in [2.75, 3.05) is 5.73 Å². The fourth-order valence-corrected chi connectivity index (χ4v) is 4.43. The molecular formula is C13H13BrN2O4S2. The predicted octanol–water partition coefficient (Wildman–Crippen LogP) is 1.65. The van der Waals surface area contributed by atoms with Gasteiger partial charge in [0.1, 0.15) is 0 Å². The van der Waals surface area contributed by atoms with Crippen LogP contribution in [0.3, 0.4) is 0 Å². The molecule has 0 saturated carbocycles. The average molecular weight is 405 g/mol. The third-order valence-corrected chi connectivity index (χ3v) is 6.35. The molecule has 0 saturated heterocycles. The van der Waals surface area contributed by atoms with Gasteiger partial charge >= 0.3 is 0 Å². The van der Waals surface area contributed by atoms with Crippen LogP contribution >= 0.6 is 15.9 Å². The zero-order chi connectivity index (χ0) is 16.5. The summed E-state index contributed by atoms with van der Waals surface area (Å²) in [4.78, 5) is -0.193.